The number of benzene rings is 1. The zero-order valence-corrected chi connectivity index (χ0v) is 15.0. The van der Waals surface area contributed by atoms with Crippen molar-refractivity contribution in [3.05, 3.63) is 46.2 Å². The summed E-state index contributed by atoms with van der Waals surface area (Å²) in [6.07, 6.45) is 1.46. The van der Waals surface area contributed by atoms with E-state index in [0.29, 0.717) is 11.3 Å². The van der Waals surface area contributed by atoms with Gasteiger partial charge in [0.25, 0.3) is 5.91 Å². The van der Waals surface area contributed by atoms with E-state index in [2.05, 4.69) is 21.0 Å². The summed E-state index contributed by atoms with van der Waals surface area (Å²) in [4.78, 5) is 24.9. The van der Waals surface area contributed by atoms with Crippen LogP contribution in [0.25, 0.3) is 5.69 Å². The van der Waals surface area contributed by atoms with Gasteiger partial charge in [0.1, 0.15) is 6.54 Å². The second kappa shape index (κ2) is 8.07. The number of carbonyl (C=O) groups excluding carboxylic acids is 1. The standard InChI is InChI=1S/C16H18BrN3O4/c1-11-14(16(23)19(6-7-24-2)10-15(21)22)9-18-20(11)13-5-3-4-12(17)8-13/h3-5,8-9H,6-7,10H2,1-2H3,(H,21,22). The van der Waals surface area contributed by atoms with Gasteiger partial charge in [0, 0.05) is 18.1 Å². The molecule has 1 heterocycles. The van der Waals surface area contributed by atoms with Gasteiger partial charge < -0.3 is 14.7 Å². The number of rotatable bonds is 7. The van der Waals surface area contributed by atoms with Crippen molar-refractivity contribution in [2.75, 3.05) is 26.8 Å². The fourth-order valence-corrected chi connectivity index (χ4v) is 2.66. The van der Waals surface area contributed by atoms with E-state index >= 15 is 0 Å². The SMILES string of the molecule is COCCN(CC(=O)O)C(=O)c1cnn(-c2cccc(Br)c2)c1C. The summed E-state index contributed by atoms with van der Waals surface area (Å²) in [5.41, 5.74) is 1.82. The molecule has 0 radical (unpaired) electrons. The average molecular weight is 396 g/mol. The smallest absolute Gasteiger partial charge is 0.323 e. The lowest BCUT2D eigenvalue weighted by atomic mass is 10.2. The van der Waals surface area contributed by atoms with Crippen molar-refractivity contribution in [3.8, 4) is 5.69 Å². The number of carboxylic acid groups (broad SMARTS) is 1. The topological polar surface area (TPSA) is 84.7 Å². The predicted octanol–water partition coefficient (Wildman–Crippen LogP) is 2.12. The lowest BCUT2D eigenvalue weighted by molar-refractivity contribution is -0.137. The Labute approximate surface area is 148 Å². The van der Waals surface area contributed by atoms with Crippen LogP contribution in [-0.4, -0.2) is 58.5 Å². The Bertz CT molecular complexity index is 745. The average Bonchev–Trinajstić information content (AvgIpc) is 2.92. The third-order valence-corrected chi connectivity index (χ3v) is 3.96. The number of hydrogen-bond donors (Lipinski definition) is 1. The Balaban J connectivity index is 2.30. The van der Waals surface area contributed by atoms with Gasteiger partial charge in [-0.25, -0.2) is 4.68 Å². The third-order valence-electron chi connectivity index (χ3n) is 3.47. The molecule has 24 heavy (non-hydrogen) atoms. The molecule has 2 rings (SSSR count). The first-order chi connectivity index (χ1) is 11.4. The van der Waals surface area contributed by atoms with E-state index in [1.807, 2.05) is 24.3 Å². The van der Waals surface area contributed by atoms with Gasteiger partial charge in [-0.05, 0) is 25.1 Å². The van der Waals surface area contributed by atoms with E-state index in [-0.39, 0.29) is 25.6 Å². The van der Waals surface area contributed by atoms with Gasteiger partial charge in [0.05, 0.1) is 29.7 Å². The Morgan fingerprint density at radius 3 is 2.79 bits per heavy atom. The van der Waals surface area contributed by atoms with Gasteiger partial charge in [-0.1, -0.05) is 22.0 Å². The monoisotopic (exact) mass is 395 g/mol. The fourth-order valence-electron chi connectivity index (χ4n) is 2.28. The molecule has 1 aromatic carbocycles. The quantitative estimate of drug-likeness (QED) is 0.775. The van der Waals surface area contributed by atoms with Crippen molar-refractivity contribution >= 4 is 27.8 Å². The van der Waals surface area contributed by atoms with E-state index in [4.69, 9.17) is 9.84 Å². The van der Waals surface area contributed by atoms with Crippen LogP contribution in [0, 0.1) is 6.92 Å². The van der Waals surface area contributed by atoms with Crippen molar-refractivity contribution in [2.24, 2.45) is 0 Å². The summed E-state index contributed by atoms with van der Waals surface area (Å²) in [6.45, 7) is 1.85. The molecule has 2 aromatic rings. The lowest BCUT2D eigenvalue weighted by Gasteiger charge is -2.20. The lowest BCUT2D eigenvalue weighted by Crippen LogP contribution is -2.38. The molecule has 0 saturated carbocycles. The van der Waals surface area contributed by atoms with E-state index < -0.39 is 5.97 Å². The number of halogens is 1. The highest BCUT2D eigenvalue weighted by Gasteiger charge is 2.22. The van der Waals surface area contributed by atoms with Crippen LogP contribution in [0.4, 0.5) is 0 Å². The molecule has 1 aromatic heterocycles. The van der Waals surface area contributed by atoms with Gasteiger partial charge >= 0.3 is 5.97 Å². The second-order valence-corrected chi connectivity index (χ2v) is 6.06. The highest BCUT2D eigenvalue weighted by Crippen LogP contribution is 2.19. The zero-order valence-electron chi connectivity index (χ0n) is 13.4. The summed E-state index contributed by atoms with van der Waals surface area (Å²) in [6, 6.07) is 7.53. The minimum absolute atomic E-state index is 0.198. The maximum absolute atomic E-state index is 12.7. The molecule has 0 unspecified atom stereocenters. The van der Waals surface area contributed by atoms with Crippen LogP contribution < -0.4 is 0 Å². The molecular formula is C16H18BrN3O4. The number of carbonyl (C=O) groups is 2. The first kappa shape index (κ1) is 18.2. The summed E-state index contributed by atoms with van der Waals surface area (Å²) in [5.74, 6) is -1.45. The first-order valence-corrected chi connectivity index (χ1v) is 8.04. The molecule has 0 fully saturated rings. The molecule has 0 aliphatic rings. The van der Waals surface area contributed by atoms with Crippen LogP contribution in [0.15, 0.2) is 34.9 Å². The predicted molar refractivity (Wildman–Crippen MR) is 91.4 cm³/mol. The summed E-state index contributed by atoms with van der Waals surface area (Å²) < 4.78 is 7.49. The van der Waals surface area contributed by atoms with Crippen LogP contribution in [0.1, 0.15) is 16.1 Å². The summed E-state index contributed by atoms with van der Waals surface area (Å²) >= 11 is 3.40. The Hall–Kier alpha value is -2.19. The maximum Gasteiger partial charge on any atom is 0.323 e. The van der Waals surface area contributed by atoms with Gasteiger partial charge in [0.2, 0.25) is 0 Å². The highest BCUT2D eigenvalue weighted by molar-refractivity contribution is 9.10. The number of hydrogen-bond acceptors (Lipinski definition) is 4. The van der Waals surface area contributed by atoms with Crippen molar-refractivity contribution in [2.45, 2.75) is 6.92 Å². The van der Waals surface area contributed by atoms with E-state index in [0.717, 1.165) is 10.2 Å². The van der Waals surface area contributed by atoms with Crippen LogP contribution in [0.3, 0.4) is 0 Å². The van der Waals surface area contributed by atoms with Crippen molar-refractivity contribution < 1.29 is 19.4 Å². The highest BCUT2D eigenvalue weighted by atomic mass is 79.9. The molecule has 1 amide bonds. The Morgan fingerprint density at radius 2 is 2.17 bits per heavy atom. The zero-order chi connectivity index (χ0) is 17.7. The maximum atomic E-state index is 12.7. The third kappa shape index (κ3) is 4.21. The van der Waals surface area contributed by atoms with Gasteiger partial charge in [-0.3, -0.25) is 9.59 Å². The van der Waals surface area contributed by atoms with Crippen molar-refractivity contribution in [1.82, 2.24) is 14.7 Å². The van der Waals surface area contributed by atoms with Crippen LogP contribution >= 0.6 is 15.9 Å². The van der Waals surface area contributed by atoms with E-state index in [1.54, 1.807) is 11.6 Å². The molecule has 7 nitrogen and oxygen atoms in total. The normalized spacial score (nSPS) is 10.6. The van der Waals surface area contributed by atoms with Crippen molar-refractivity contribution in [3.63, 3.8) is 0 Å². The number of amides is 1. The fraction of sp³-hybridized carbons (Fsp3) is 0.312. The summed E-state index contributed by atoms with van der Waals surface area (Å²) in [5, 5.41) is 13.3. The van der Waals surface area contributed by atoms with Gasteiger partial charge in [-0.2, -0.15) is 5.10 Å². The van der Waals surface area contributed by atoms with E-state index in [1.165, 1.54) is 18.2 Å². The molecule has 0 atom stereocenters. The minimum Gasteiger partial charge on any atom is -0.480 e. The molecule has 8 heteroatoms. The summed E-state index contributed by atoms with van der Waals surface area (Å²) in [7, 11) is 1.50. The molecule has 128 valence electrons. The van der Waals surface area contributed by atoms with Crippen LogP contribution in [0.2, 0.25) is 0 Å². The van der Waals surface area contributed by atoms with E-state index in [9.17, 15) is 9.59 Å². The number of carboxylic acids is 1. The number of ether oxygens (including phenoxy) is 1. The molecule has 0 aliphatic heterocycles. The molecule has 0 bridgehead atoms. The molecule has 0 aliphatic carbocycles. The second-order valence-electron chi connectivity index (χ2n) is 5.15. The van der Waals surface area contributed by atoms with Crippen LogP contribution in [-0.2, 0) is 9.53 Å². The molecule has 0 spiro atoms. The van der Waals surface area contributed by atoms with Crippen LogP contribution in [0.5, 0.6) is 0 Å². The number of methoxy groups -OCH3 is 1. The molecule has 0 saturated heterocycles. The Morgan fingerprint density at radius 1 is 1.42 bits per heavy atom. The van der Waals surface area contributed by atoms with Crippen molar-refractivity contribution in [1.29, 1.82) is 0 Å². The molecular weight excluding hydrogens is 378 g/mol. The molecule has 1 N–H and O–H groups in total. The van der Waals surface area contributed by atoms with Gasteiger partial charge in [0.15, 0.2) is 0 Å². The largest absolute Gasteiger partial charge is 0.480 e. The minimum atomic E-state index is -1.07. The number of nitrogens with zero attached hydrogens (tertiary/aromatic N) is 3. The Kier molecular flexibility index (Phi) is 6.10. The van der Waals surface area contributed by atoms with Gasteiger partial charge in [-0.15, -0.1) is 0 Å². The first-order valence-electron chi connectivity index (χ1n) is 7.24. The number of aliphatic carboxylic acids is 1. The number of aromatic nitrogens is 2.